The molecule has 0 radical (unpaired) electrons. The van der Waals surface area contributed by atoms with Gasteiger partial charge in [0.1, 0.15) is 5.75 Å². The zero-order valence-corrected chi connectivity index (χ0v) is 15.3. The number of hydrogen-bond donors (Lipinski definition) is 1. The molecular weight excluding hydrogens is 326 g/mol. The second kappa shape index (κ2) is 8.09. The second-order valence-corrected chi connectivity index (χ2v) is 6.50. The summed E-state index contributed by atoms with van der Waals surface area (Å²) < 4.78 is 10.7. The Balaban J connectivity index is 1.81. The minimum absolute atomic E-state index is 0.0248. The third kappa shape index (κ3) is 3.90. The summed E-state index contributed by atoms with van der Waals surface area (Å²) in [6.07, 6.45) is 3.07. The summed E-state index contributed by atoms with van der Waals surface area (Å²) in [5.41, 5.74) is 10.4. The first-order chi connectivity index (χ1) is 12.7. The highest BCUT2D eigenvalue weighted by molar-refractivity contribution is 6.13. The Morgan fingerprint density at radius 3 is 2.35 bits per heavy atom. The molecule has 0 saturated carbocycles. The van der Waals surface area contributed by atoms with Crippen molar-refractivity contribution in [1.82, 2.24) is 0 Å². The first-order valence-electron chi connectivity index (χ1n) is 9.06. The van der Waals surface area contributed by atoms with E-state index >= 15 is 0 Å². The average Bonchev–Trinajstić information content (AvgIpc) is 3.41. The number of methoxy groups -OCH3 is 1. The Morgan fingerprint density at radius 2 is 1.73 bits per heavy atom. The van der Waals surface area contributed by atoms with Crippen molar-refractivity contribution < 1.29 is 14.3 Å². The van der Waals surface area contributed by atoms with Crippen molar-refractivity contribution >= 4 is 17.2 Å². The van der Waals surface area contributed by atoms with Gasteiger partial charge in [-0.3, -0.25) is 0 Å². The van der Waals surface area contributed by atoms with E-state index in [-0.39, 0.29) is 11.9 Å². The van der Waals surface area contributed by atoms with Crippen molar-refractivity contribution in [2.45, 2.75) is 32.1 Å². The number of nitrogen functional groups attached to an aromatic ring is 1. The molecule has 1 unspecified atom stereocenters. The molecule has 2 aromatic rings. The van der Waals surface area contributed by atoms with Gasteiger partial charge in [0.15, 0.2) is 0 Å². The van der Waals surface area contributed by atoms with Crippen LogP contribution in [0.2, 0.25) is 0 Å². The van der Waals surface area contributed by atoms with Crippen LogP contribution in [0.3, 0.4) is 0 Å². The fourth-order valence-electron chi connectivity index (χ4n) is 3.16. The lowest BCUT2D eigenvalue weighted by atomic mass is 10.0. The Labute approximate surface area is 154 Å². The molecule has 1 atom stereocenters. The number of rotatable bonds is 8. The lowest BCUT2D eigenvalue weighted by molar-refractivity contribution is -0.138. The largest absolute Gasteiger partial charge is 0.497 e. The SMILES string of the molecule is CCCCCOC(=O)C1=C(c2ccc(N)cc2)C1c1ccc(OC)cc1. The van der Waals surface area contributed by atoms with E-state index in [1.54, 1.807) is 7.11 Å². The normalized spacial score (nSPS) is 15.7. The molecule has 3 rings (SSSR count). The van der Waals surface area contributed by atoms with Crippen molar-refractivity contribution in [3.05, 3.63) is 65.2 Å². The molecule has 136 valence electrons. The molecule has 2 N–H and O–H groups in total. The number of carbonyl (C=O) groups is 1. The van der Waals surface area contributed by atoms with Crippen molar-refractivity contribution in [1.29, 1.82) is 0 Å². The van der Waals surface area contributed by atoms with E-state index in [9.17, 15) is 4.79 Å². The first-order valence-corrected chi connectivity index (χ1v) is 9.06. The zero-order chi connectivity index (χ0) is 18.5. The average molecular weight is 351 g/mol. The smallest absolute Gasteiger partial charge is 0.335 e. The van der Waals surface area contributed by atoms with Gasteiger partial charge in [-0.15, -0.1) is 0 Å². The number of allylic oxidation sites excluding steroid dienone is 1. The Kier molecular flexibility index (Phi) is 5.61. The standard InChI is InChI=1S/C22H25NO3/c1-3-4-5-14-26-22(24)21-19(15-6-10-17(23)11-7-15)20(21)16-8-12-18(25-2)13-9-16/h6-13,20H,3-5,14,23H2,1-2H3. The summed E-state index contributed by atoms with van der Waals surface area (Å²) in [5.74, 6) is 0.559. The molecule has 0 bridgehead atoms. The summed E-state index contributed by atoms with van der Waals surface area (Å²) in [7, 11) is 1.64. The number of benzene rings is 2. The highest BCUT2D eigenvalue weighted by atomic mass is 16.5. The molecule has 4 nitrogen and oxygen atoms in total. The number of unbranched alkanes of at least 4 members (excludes halogenated alkanes) is 2. The van der Waals surface area contributed by atoms with E-state index in [0.29, 0.717) is 12.3 Å². The van der Waals surface area contributed by atoms with Gasteiger partial charge < -0.3 is 15.2 Å². The van der Waals surface area contributed by atoms with Crippen LogP contribution in [-0.4, -0.2) is 19.7 Å². The number of nitrogens with two attached hydrogens (primary N) is 1. The topological polar surface area (TPSA) is 61.5 Å². The van der Waals surface area contributed by atoms with Gasteiger partial charge in [-0.25, -0.2) is 4.79 Å². The van der Waals surface area contributed by atoms with Crippen LogP contribution in [0.25, 0.3) is 5.57 Å². The predicted octanol–water partition coefficient (Wildman–Crippen LogP) is 4.56. The van der Waals surface area contributed by atoms with Gasteiger partial charge in [0.05, 0.1) is 19.3 Å². The summed E-state index contributed by atoms with van der Waals surface area (Å²) in [6.45, 7) is 2.60. The summed E-state index contributed by atoms with van der Waals surface area (Å²) in [5, 5.41) is 0. The molecule has 0 amide bonds. The van der Waals surface area contributed by atoms with E-state index in [1.807, 2.05) is 48.5 Å². The minimum Gasteiger partial charge on any atom is -0.497 e. The maximum Gasteiger partial charge on any atom is 0.335 e. The van der Waals surface area contributed by atoms with E-state index in [1.165, 1.54) is 0 Å². The molecule has 2 aromatic carbocycles. The second-order valence-electron chi connectivity index (χ2n) is 6.50. The van der Waals surface area contributed by atoms with Crippen molar-refractivity contribution in [3.63, 3.8) is 0 Å². The fraction of sp³-hybridized carbons (Fsp3) is 0.318. The van der Waals surface area contributed by atoms with Crippen molar-refractivity contribution in [2.75, 3.05) is 19.5 Å². The molecular formula is C22H25NO3. The van der Waals surface area contributed by atoms with Gasteiger partial charge in [-0.05, 0) is 47.4 Å². The zero-order valence-electron chi connectivity index (χ0n) is 15.3. The van der Waals surface area contributed by atoms with Crippen LogP contribution >= 0.6 is 0 Å². The number of anilines is 1. The van der Waals surface area contributed by atoms with Gasteiger partial charge in [0, 0.05) is 11.6 Å². The van der Waals surface area contributed by atoms with Crippen molar-refractivity contribution in [2.24, 2.45) is 0 Å². The molecule has 0 saturated heterocycles. The van der Waals surface area contributed by atoms with E-state index in [4.69, 9.17) is 15.2 Å². The van der Waals surface area contributed by atoms with Crippen LogP contribution in [0.1, 0.15) is 43.2 Å². The van der Waals surface area contributed by atoms with Gasteiger partial charge in [-0.1, -0.05) is 44.0 Å². The monoisotopic (exact) mass is 351 g/mol. The van der Waals surface area contributed by atoms with Crippen molar-refractivity contribution in [3.8, 4) is 5.75 Å². The van der Waals surface area contributed by atoms with E-state index < -0.39 is 0 Å². The first kappa shape index (κ1) is 18.1. The molecule has 0 aromatic heterocycles. The van der Waals surface area contributed by atoms with Gasteiger partial charge >= 0.3 is 5.97 Å². The summed E-state index contributed by atoms with van der Waals surface area (Å²) in [4.78, 5) is 12.6. The predicted molar refractivity (Wildman–Crippen MR) is 104 cm³/mol. The molecule has 0 fully saturated rings. The fourth-order valence-corrected chi connectivity index (χ4v) is 3.16. The minimum atomic E-state index is -0.214. The molecule has 4 heteroatoms. The molecule has 1 aliphatic rings. The van der Waals surface area contributed by atoms with Gasteiger partial charge in [0.25, 0.3) is 0 Å². The van der Waals surface area contributed by atoms with Gasteiger partial charge in [0.2, 0.25) is 0 Å². The van der Waals surface area contributed by atoms with Crippen LogP contribution in [0.15, 0.2) is 54.1 Å². The third-order valence-electron chi connectivity index (χ3n) is 4.66. The van der Waals surface area contributed by atoms with Crippen LogP contribution < -0.4 is 10.5 Å². The maximum absolute atomic E-state index is 12.6. The number of carbonyl (C=O) groups excluding carboxylic acids is 1. The molecule has 1 aliphatic carbocycles. The quantitative estimate of drug-likeness (QED) is 0.430. The Hall–Kier alpha value is -2.75. The molecule has 0 heterocycles. The highest BCUT2D eigenvalue weighted by Gasteiger charge is 2.44. The molecule has 26 heavy (non-hydrogen) atoms. The van der Waals surface area contributed by atoms with Crippen LogP contribution in [0, 0.1) is 0 Å². The lowest BCUT2D eigenvalue weighted by Crippen LogP contribution is -2.05. The third-order valence-corrected chi connectivity index (χ3v) is 4.66. The Bertz CT molecular complexity index is 791. The number of hydrogen-bond acceptors (Lipinski definition) is 4. The van der Waals surface area contributed by atoms with Gasteiger partial charge in [-0.2, -0.15) is 0 Å². The number of ether oxygens (including phenoxy) is 2. The molecule has 0 aliphatic heterocycles. The van der Waals surface area contributed by atoms with E-state index in [2.05, 4.69) is 6.92 Å². The Morgan fingerprint density at radius 1 is 1.04 bits per heavy atom. The van der Waals surface area contributed by atoms with E-state index in [0.717, 1.165) is 47.3 Å². The van der Waals surface area contributed by atoms with Crippen LogP contribution in [-0.2, 0) is 9.53 Å². The highest BCUT2D eigenvalue weighted by Crippen LogP contribution is 2.54. The van der Waals surface area contributed by atoms with Crippen LogP contribution in [0.4, 0.5) is 5.69 Å². The summed E-state index contributed by atoms with van der Waals surface area (Å²) in [6, 6.07) is 15.5. The summed E-state index contributed by atoms with van der Waals surface area (Å²) >= 11 is 0. The lowest BCUT2D eigenvalue weighted by Gasteiger charge is -2.06. The van der Waals surface area contributed by atoms with Crippen LogP contribution in [0.5, 0.6) is 5.75 Å². The maximum atomic E-state index is 12.6. The molecule has 0 spiro atoms. The number of esters is 1.